The Bertz CT molecular complexity index is 636. The van der Waals surface area contributed by atoms with Crippen molar-refractivity contribution in [2.45, 2.75) is 19.4 Å². The number of rotatable bonds is 4. The molecule has 2 aromatic rings. The molecule has 0 radical (unpaired) electrons. The van der Waals surface area contributed by atoms with Crippen LogP contribution in [0.2, 0.25) is 0 Å². The van der Waals surface area contributed by atoms with Gasteiger partial charge in [0.25, 0.3) is 0 Å². The molecule has 2 N–H and O–H groups in total. The number of amides is 2. The third kappa shape index (κ3) is 3.87. The Kier molecular flexibility index (Phi) is 4.87. The number of nitrogens with zero attached hydrogens (tertiary/aromatic N) is 4. The van der Waals surface area contributed by atoms with Crippen molar-refractivity contribution < 1.29 is 9.90 Å². The van der Waals surface area contributed by atoms with Gasteiger partial charge in [0.1, 0.15) is 12.1 Å². The fourth-order valence-corrected chi connectivity index (χ4v) is 2.71. The molecule has 1 aliphatic rings. The van der Waals surface area contributed by atoms with Crippen LogP contribution in [0.4, 0.5) is 4.79 Å². The highest BCUT2D eigenvalue weighted by Crippen LogP contribution is 2.16. The summed E-state index contributed by atoms with van der Waals surface area (Å²) in [7, 11) is 0. The molecule has 3 rings (SSSR count). The van der Waals surface area contributed by atoms with Crippen LogP contribution in [0.15, 0.2) is 37.1 Å². The quantitative estimate of drug-likeness (QED) is 0.887. The number of nitrogens with one attached hydrogen (secondary N) is 1. The summed E-state index contributed by atoms with van der Waals surface area (Å²) in [5.41, 5.74) is 0.988. The summed E-state index contributed by atoms with van der Waals surface area (Å²) in [6, 6.07) is 3.76. The average Bonchev–Trinajstić information content (AvgIpc) is 3.15. The highest BCUT2D eigenvalue weighted by molar-refractivity contribution is 5.74. The van der Waals surface area contributed by atoms with Crippen LogP contribution in [-0.2, 0) is 6.54 Å². The molecule has 3 heterocycles. The van der Waals surface area contributed by atoms with Gasteiger partial charge in [-0.15, -0.1) is 0 Å². The van der Waals surface area contributed by atoms with E-state index in [1.54, 1.807) is 18.7 Å². The van der Waals surface area contributed by atoms with Crippen LogP contribution in [0, 0.1) is 5.92 Å². The Labute approximate surface area is 135 Å². The topological polar surface area (TPSA) is 83.3 Å². The minimum atomic E-state index is -0.0533. The molecule has 7 nitrogen and oxygen atoms in total. The molecule has 1 saturated heterocycles. The molecule has 7 heteroatoms. The van der Waals surface area contributed by atoms with Crippen molar-refractivity contribution in [1.82, 2.24) is 24.8 Å². The largest absolute Gasteiger partial charge is 0.396 e. The minimum Gasteiger partial charge on any atom is -0.396 e. The summed E-state index contributed by atoms with van der Waals surface area (Å²) in [5, 5.41) is 12.1. The average molecular weight is 315 g/mol. The zero-order valence-electron chi connectivity index (χ0n) is 12.9. The zero-order valence-corrected chi connectivity index (χ0v) is 12.9. The van der Waals surface area contributed by atoms with Gasteiger partial charge in [0.2, 0.25) is 0 Å². The van der Waals surface area contributed by atoms with Gasteiger partial charge in [0.15, 0.2) is 0 Å². The smallest absolute Gasteiger partial charge is 0.317 e. The van der Waals surface area contributed by atoms with E-state index in [2.05, 4.69) is 15.3 Å². The number of piperidine rings is 1. The second-order valence-electron chi connectivity index (χ2n) is 5.76. The Morgan fingerprint density at radius 1 is 1.35 bits per heavy atom. The normalized spacial score (nSPS) is 15.6. The maximum absolute atomic E-state index is 12.2. The molecule has 122 valence electrons. The lowest BCUT2D eigenvalue weighted by Gasteiger charge is -2.31. The van der Waals surface area contributed by atoms with Crippen molar-refractivity contribution in [3.63, 3.8) is 0 Å². The van der Waals surface area contributed by atoms with Gasteiger partial charge in [-0.25, -0.2) is 14.8 Å². The Morgan fingerprint density at radius 3 is 2.87 bits per heavy atom. The van der Waals surface area contributed by atoms with Gasteiger partial charge in [0, 0.05) is 44.8 Å². The van der Waals surface area contributed by atoms with E-state index in [0.29, 0.717) is 25.6 Å². The number of aromatic nitrogens is 3. The van der Waals surface area contributed by atoms with Crippen LogP contribution in [0.3, 0.4) is 0 Å². The fraction of sp³-hybridized carbons (Fsp3) is 0.438. The van der Waals surface area contributed by atoms with Gasteiger partial charge in [-0.1, -0.05) is 0 Å². The number of hydrogen-bond acceptors (Lipinski definition) is 4. The highest BCUT2D eigenvalue weighted by atomic mass is 16.3. The number of urea groups is 1. The lowest BCUT2D eigenvalue weighted by Crippen LogP contribution is -2.44. The molecule has 0 spiro atoms. The van der Waals surface area contributed by atoms with Crippen molar-refractivity contribution >= 4 is 6.03 Å². The van der Waals surface area contributed by atoms with Gasteiger partial charge in [-0.05, 0) is 36.5 Å². The first-order valence-electron chi connectivity index (χ1n) is 7.83. The molecule has 0 atom stereocenters. The molecule has 0 saturated carbocycles. The summed E-state index contributed by atoms with van der Waals surface area (Å²) < 4.78 is 1.82. The summed E-state index contributed by atoms with van der Waals surface area (Å²) in [6.45, 7) is 2.08. The number of aliphatic hydroxyl groups excluding tert-OH is 1. The summed E-state index contributed by atoms with van der Waals surface area (Å²) in [6.07, 6.45) is 8.68. The van der Waals surface area contributed by atoms with Crippen LogP contribution in [0.25, 0.3) is 5.82 Å². The number of hydrogen-bond donors (Lipinski definition) is 2. The first-order valence-corrected chi connectivity index (χ1v) is 7.83. The van der Waals surface area contributed by atoms with E-state index in [4.69, 9.17) is 5.11 Å². The first kappa shape index (κ1) is 15.5. The standard InChI is InChI=1S/C16H21N5O2/c22-11-13-2-6-20(7-3-13)16(23)19-10-14-1-4-18-15(9-14)21-8-5-17-12-21/h1,4-5,8-9,12-13,22H,2-3,6-7,10-11H2,(H,19,23). The molecule has 2 amide bonds. The predicted molar refractivity (Wildman–Crippen MR) is 85.0 cm³/mol. The van der Waals surface area contributed by atoms with Gasteiger partial charge < -0.3 is 15.3 Å². The SMILES string of the molecule is O=C(NCc1ccnc(-n2ccnc2)c1)N1CCC(CO)CC1. The van der Waals surface area contributed by atoms with Crippen molar-refractivity contribution in [3.8, 4) is 5.82 Å². The van der Waals surface area contributed by atoms with Gasteiger partial charge >= 0.3 is 6.03 Å². The number of pyridine rings is 1. The van der Waals surface area contributed by atoms with E-state index in [-0.39, 0.29) is 12.6 Å². The monoisotopic (exact) mass is 315 g/mol. The predicted octanol–water partition coefficient (Wildman–Crippen LogP) is 1.18. The maximum atomic E-state index is 12.2. The van der Waals surface area contributed by atoms with E-state index in [9.17, 15) is 4.79 Å². The van der Waals surface area contributed by atoms with Crippen LogP contribution < -0.4 is 5.32 Å². The number of carbonyl (C=O) groups excluding carboxylic acids is 1. The van der Waals surface area contributed by atoms with Crippen molar-refractivity contribution in [2.75, 3.05) is 19.7 Å². The van der Waals surface area contributed by atoms with Crippen molar-refractivity contribution in [1.29, 1.82) is 0 Å². The van der Waals surface area contributed by atoms with Crippen molar-refractivity contribution in [2.24, 2.45) is 5.92 Å². The second-order valence-corrected chi connectivity index (χ2v) is 5.76. The van der Waals surface area contributed by atoms with Crippen LogP contribution in [0.5, 0.6) is 0 Å². The van der Waals surface area contributed by atoms with E-state index in [1.165, 1.54) is 0 Å². The van der Waals surface area contributed by atoms with E-state index in [0.717, 1.165) is 24.2 Å². The fourth-order valence-electron chi connectivity index (χ4n) is 2.71. The molecule has 1 fully saturated rings. The van der Waals surface area contributed by atoms with Crippen LogP contribution in [0.1, 0.15) is 18.4 Å². The Balaban J connectivity index is 1.54. The summed E-state index contributed by atoms with van der Waals surface area (Å²) >= 11 is 0. The van der Waals surface area contributed by atoms with E-state index < -0.39 is 0 Å². The molecule has 2 aromatic heterocycles. The Hall–Kier alpha value is -2.41. The lowest BCUT2D eigenvalue weighted by atomic mass is 9.98. The molecular weight excluding hydrogens is 294 g/mol. The van der Waals surface area contributed by atoms with Gasteiger partial charge in [-0.3, -0.25) is 4.57 Å². The van der Waals surface area contributed by atoms with E-state index >= 15 is 0 Å². The third-order valence-electron chi connectivity index (χ3n) is 4.18. The molecule has 0 bridgehead atoms. The summed E-state index contributed by atoms with van der Waals surface area (Å²) in [4.78, 5) is 22.3. The second kappa shape index (κ2) is 7.23. The number of imidazole rings is 1. The third-order valence-corrected chi connectivity index (χ3v) is 4.18. The molecule has 0 aliphatic carbocycles. The Morgan fingerprint density at radius 2 is 2.17 bits per heavy atom. The number of aliphatic hydroxyl groups is 1. The number of likely N-dealkylation sites (tertiary alicyclic amines) is 1. The molecular formula is C16H21N5O2. The van der Waals surface area contributed by atoms with Crippen molar-refractivity contribution in [3.05, 3.63) is 42.6 Å². The van der Waals surface area contributed by atoms with E-state index in [1.807, 2.05) is 27.8 Å². The minimum absolute atomic E-state index is 0.0533. The first-order chi connectivity index (χ1) is 11.3. The van der Waals surface area contributed by atoms with Gasteiger partial charge in [0.05, 0.1) is 0 Å². The highest BCUT2D eigenvalue weighted by Gasteiger charge is 2.21. The zero-order chi connectivity index (χ0) is 16.1. The van der Waals surface area contributed by atoms with Crippen LogP contribution >= 0.6 is 0 Å². The molecule has 23 heavy (non-hydrogen) atoms. The molecule has 0 aromatic carbocycles. The van der Waals surface area contributed by atoms with Gasteiger partial charge in [-0.2, -0.15) is 0 Å². The maximum Gasteiger partial charge on any atom is 0.317 e. The number of carbonyl (C=O) groups is 1. The lowest BCUT2D eigenvalue weighted by molar-refractivity contribution is 0.137. The van der Waals surface area contributed by atoms with Crippen LogP contribution in [-0.4, -0.2) is 50.3 Å². The molecule has 1 aliphatic heterocycles. The summed E-state index contributed by atoms with van der Waals surface area (Å²) in [5.74, 6) is 1.11. The molecule has 0 unspecified atom stereocenters.